The van der Waals surface area contributed by atoms with Gasteiger partial charge in [0.1, 0.15) is 0 Å². The van der Waals surface area contributed by atoms with E-state index in [-0.39, 0.29) is 18.2 Å². The van der Waals surface area contributed by atoms with Crippen LogP contribution in [-0.4, -0.2) is 11.8 Å². The van der Waals surface area contributed by atoms with Crippen molar-refractivity contribution in [3.05, 3.63) is 58.1 Å². The van der Waals surface area contributed by atoms with Gasteiger partial charge in [0.25, 0.3) is 5.91 Å². The van der Waals surface area contributed by atoms with E-state index >= 15 is 0 Å². The summed E-state index contributed by atoms with van der Waals surface area (Å²) in [7, 11) is 0. The average molecular weight is 331 g/mol. The van der Waals surface area contributed by atoms with Crippen molar-refractivity contribution in [3.63, 3.8) is 0 Å². The van der Waals surface area contributed by atoms with Crippen molar-refractivity contribution in [1.29, 1.82) is 0 Å². The van der Waals surface area contributed by atoms with Crippen LogP contribution in [0.2, 0.25) is 0 Å². The molecule has 5 heteroatoms. The molecule has 2 N–H and O–H groups in total. The molecule has 0 saturated heterocycles. The lowest BCUT2D eigenvalue weighted by molar-refractivity contribution is -0.117. The maximum atomic E-state index is 12.5. The Balaban J connectivity index is 2.14. The van der Waals surface area contributed by atoms with E-state index in [2.05, 4.69) is 15.9 Å². The maximum absolute atomic E-state index is 12.5. The minimum Gasteiger partial charge on any atom is -0.399 e. The van der Waals surface area contributed by atoms with E-state index in [1.807, 2.05) is 6.07 Å². The van der Waals surface area contributed by atoms with Crippen molar-refractivity contribution in [3.8, 4) is 0 Å². The Hall–Kier alpha value is -2.14. The third-order valence-corrected chi connectivity index (χ3v) is 3.92. The molecule has 1 aliphatic heterocycles. The molecule has 0 radical (unpaired) electrons. The van der Waals surface area contributed by atoms with Crippen LogP contribution in [0.1, 0.15) is 15.9 Å². The molecule has 0 aliphatic carbocycles. The first kappa shape index (κ1) is 12.9. The number of nitrogens with zero attached hydrogens (tertiary/aromatic N) is 1. The number of amides is 2. The second-order valence-corrected chi connectivity index (χ2v) is 5.43. The number of imide groups is 1. The van der Waals surface area contributed by atoms with Gasteiger partial charge in [-0.25, -0.2) is 4.90 Å². The van der Waals surface area contributed by atoms with Gasteiger partial charge in [-0.05, 0) is 45.8 Å². The summed E-state index contributed by atoms with van der Waals surface area (Å²) in [4.78, 5) is 26.0. The van der Waals surface area contributed by atoms with Gasteiger partial charge in [0, 0.05) is 15.7 Å². The molecule has 2 aromatic rings. The zero-order valence-corrected chi connectivity index (χ0v) is 12.1. The molecule has 4 nitrogen and oxygen atoms in total. The van der Waals surface area contributed by atoms with Crippen LogP contribution < -0.4 is 10.6 Å². The molecule has 3 rings (SSSR count). The first-order valence-electron chi connectivity index (χ1n) is 6.08. The zero-order valence-electron chi connectivity index (χ0n) is 10.5. The highest BCUT2D eigenvalue weighted by Crippen LogP contribution is 2.32. The van der Waals surface area contributed by atoms with Gasteiger partial charge >= 0.3 is 0 Å². The summed E-state index contributed by atoms with van der Waals surface area (Å²) in [5.74, 6) is -0.567. The first-order chi connectivity index (χ1) is 9.58. The number of hydrogen-bond donors (Lipinski definition) is 1. The van der Waals surface area contributed by atoms with E-state index in [4.69, 9.17) is 5.73 Å². The summed E-state index contributed by atoms with van der Waals surface area (Å²) in [5, 5.41) is 0. The van der Waals surface area contributed by atoms with Crippen LogP contribution in [0.15, 0.2) is 46.9 Å². The van der Waals surface area contributed by atoms with Crippen molar-refractivity contribution in [1.82, 2.24) is 0 Å². The second-order valence-electron chi connectivity index (χ2n) is 4.58. The summed E-state index contributed by atoms with van der Waals surface area (Å²) < 4.78 is 0.660. The Kier molecular flexibility index (Phi) is 3.06. The van der Waals surface area contributed by atoms with Crippen molar-refractivity contribution in [2.24, 2.45) is 0 Å². The molecule has 0 spiro atoms. The van der Waals surface area contributed by atoms with Crippen molar-refractivity contribution in [2.45, 2.75) is 6.42 Å². The molecule has 0 unspecified atom stereocenters. The van der Waals surface area contributed by atoms with Gasteiger partial charge in [-0.2, -0.15) is 0 Å². The smallest absolute Gasteiger partial charge is 0.265 e. The summed E-state index contributed by atoms with van der Waals surface area (Å²) in [6.45, 7) is 0. The van der Waals surface area contributed by atoms with E-state index < -0.39 is 0 Å². The van der Waals surface area contributed by atoms with E-state index in [0.717, 1.165) is 5.56 Å². The number of carbonyl (C=O) groups is 2. The SMILES string of the molecule is Nc1ccc(Br)c(N2C(=O)Cc3ccccc3C2=O)c1. The number of nitrogen functional groups attached to an aromatic ring is 1. The molecule has 0 fully saturated rings. The summed E-state index contributed by atoms with van der Waals surface area (Å²) >= 11 is 3.36. The highest BCUT2D eigenvalue weighted by Gasteiger charge is 2.32. The lowest BCUT2D eigenvalue weighted by Crippen LogP contribution is -2.42. The van der Waals surface area contributed by atoms with Crippen LogP contribution in [0.4, 0.5) is 11.4 Å². The Bertz CT molecular complexity index is 728. The molecule has 0 atom stereocenters. The Morgan fingerprint density at radius 2 is 1.85 bits per heavy atom. The van der Waals surface area contributed by atoms with E-state index in [1.165, 1.54) is 4.90 Å². The third-order valence-electron chi connectivity index (χ3n) is 3.25. The topological polar surface area (TPSA) is 63.4 Å². The summed E-state index contributed by atoms with van der Waals surface area (Å²) in [6, 6.07) is 12.2. The maximum Gasteiger partial charge on any atom is 0.265 e. The number of rotatable bonds is 1. The van der Waals surface area contributed by atoms with Crippen LogP contribution in [-0.2, 0) is 11.2 Å². The number of hydrogen-bond acceptors (Lipinski definition) is 3. The molecule has 2 aromatic carbocycles. The number of nitrogens with two attached hydrogens (primary N) is 1. The monoisotopic (exact) mass is 330 g/mol. The highest BCUT2D eigenvalue weighted by molar-refractivity contribution is 9.10. The summed E-state index contributed by atoms with van der Waals surface area (Å²) in [6.07, 6.45) is 0.211. The molecule has 20 heavy (non-hydrogen) atoms. The van der Waals surface area contributed by atoms with Gasteiger partial charge in [-0.1, -0.05) is 18.2 Å². The molecule has 0 aromatic heterocycles. The normalized spacial score (nSPS) is 14.3. The molecular formula is C15H11BrN2O2. The summed E-state index contributed by atoms with van der Waals surface area (Å²) in [5.41, 5.74) is 8.05. The van der Waals surface area contributed by atoms with Gasteiger partial charge in [0.05, 0.1) is 12.1 Å². The molecule has 0 saturated carbocycles. The van der Waals surface area contributed by atoms with E-state index in [0.29, 0.717) is 21.4 Å². The lowest BCUT2D eigenvalue weighted by atomic mass is 9.98. The number of benzene rings is 2. The van der Waals surface area contributed by atoms with Crippen molar-refractivity contribution < 1.29 is 9.59 Å². The van der Waals surface area contributed by atoms with Crippen LogP contribution >= 0.6 is 15.9 Å². The van der Waals surface area contributed by atoms with Gasteiger partial charge in [-0.15, -0.1) is 0 Å². The predicted octanol–water partition coefficient (Wildman–Crippen LogP) is 2.76. The van der Waals surface area contributed by atoms with Crippen LogP contribution in [0.25, 0.3) is 0 Å². The van der Waals surface area contributed by atoms with E-state index in [1.54, 1.807) is 36.4 Å². The minimum atomic E-state index is -0.317. The molecular weight excluding hydrogens is 320 g/mol. The van der Waals surface area contributed by atoms with Gasteiger partial charge in [-0.3, -0.25) is 9.59 Å². The highest BCUT2D eigenvalue weighted by atomic mass is 79.9. The van der Waals surface area contributed by atoms with Gasteiger partial charge < -0.3 is 5.73 Å². The Morgan fingerprint density at radius 3 is 2.65 bits per heavy atom. The average Bonchev–Trinajstić information content (AvgIpc) is 2.42. The molecule has 2 amide bonds. The predicted molar refractivity (Wildman–Crippen MR) is 80.5 cm³/mol. The molecule has 0 bridgehead atoms. The fourth-order valence-corrected chi connectivity index (χ4v) is 2.73. The van der Waals surface area contributed by atoms with Crippen LogP contribution in [0.5, 0.6) is 0 Å². The fourth-order valence-electron chi connectivity index (χ4n) is 2.30. The third kappa shape index (κ3) is 2.00. The number of carbonyl (C=O) groups excluding carboxylic acids is 2. The number of anilines is 2. The Labute approximate surface area is 124 Å². The first-order valence-corrected chi connectivity index (χ1v) is 6.87. The molecule has 100 valence electrons. The standard InChI is InChI=1S/C15H11BrN2O2/c16-12-6-5-10(17)8-13(12)18-14(19)7-9-3-1-2-4-11(9)15(18)20/h1-6,8H,7,17H2. The fraction of sp³-hybridized carbons (Fsp3) is 0.0667. The van der Waals surface area contributed by atoms with Gasteiger partial charge in [0.15, 0.2) is 0 Å². The largest absolute Gasteiger partial charge is 0.399 e. The number of halogens is 1. The minimum absolute atomic E-state index is 0.211. The lowest BCUT2D eigenvalue weighted by Gasteiger charge is -2.27. The number of fused-ring (bicyclic) bond motifs is 1. The Morgan fingerprint density at radius 1 is 1.10 bits per heavy atom. The van der Waals surface area contributed by atoms with E-state index in [9.17, 15) is 9.59 Å². The van der Waals surface area contributed by atoms with Crippen molar-refractivity contribution >= 4 is 39.1 Å². The van der Waals surface area contributed by atoms with Crippen LogP contribution in [0.3, 0.4) is 0 Å². The molecule has 1 aliphatic rings. The van der Waals surface area contributed by atoms with Crippen molar-refractivity contribution in [2.75, 3.05) is 10.6 Å². The zero-order chi connectivity index (χ0) is 14.3. The quantitative estimate of drug-likeness (QED) is 0.646. The molecule has 1 heterocycles. The van der Waals surface area contributed by atoms with Crippen LogP contribution in [0, 0.1) is 0 Å². The van der Waals surface area contributed by atoms with Gasteiger partial charge in [0.2, 0.25) is 5.91 Å². The second kappa shape index (κ2) is 4.76.